The quantitative estimate of drug-likeness (QED) is 0.369. The molecule has 0 unspecified atom stereocenters. The summed E-state index contributed by atoms with van der Waals surface area (Å²) in [5.41, 5.74) is 8.99. The van der Waals surface area contributed by atoms with Gasteiger partial charge >= 0.3 is 0 Å². The van der Waals surface area contributed by atoms with E-state index in [0.29, 0.717) is 12.6 Å². The summed E-state index contributed by atoms with van der Waals surface area (Å²) in [5.74, 6) is 0. The lowest BCUT2D eigenvalue weighted by atomic mass is 10.1. The van der Waals surface area contributed by atoms with Crippen LogP contribution < -0.4 is 11.5 Å². The minimum atomic E-state index is -1.32. The molecule has 0 aromatic heterocycles. The van der Waals surface area contributed by atoms with Crippen LogP contribution in [0.15, 0.2) is 0 Å². The highest BCUT2D eigenvalue weighted by atomic mass is 16.1. The Morgan fingerprint density at radius 1 is 1.33 bits per heavy atom. The molecule has 4 heteroatoms. The summed E-state index contributed by atoms with van der Waals surface area (Å²) < 4.78 is 0. The molecular formula is C5H10N2O2. The van der Waals surface area contributed by atoms with Crippen molar-refractivity contribution in [2.45, 2.75) is 18.5 Å². The number of nitrogens with two attached hydrogens (primary N) is 2. The van der Waals surface area contributed by atoms with Crippen LogP contribution in [0.2, 0.25) is 0 Å². The van der Waals surface area contributed by atoms with Crippen molar-refractivity contribution in [1.82, 2.24) is 0 Å². The Hall–Kier alpha value is -0.740. The molecule has 4 N–H and O–H groups in total. The van der Waals surface area contributed by atoms with Crippen LogP contribution in [0.25, 0.3) is 0 Å². The lowest BCUT2D eigenvalue weighted by Gasteiger charge is -2.13. The lowest BCUT2D eigenvalue weighted by Crippen LogP contribution is -2.50. The third kappa shape index (κ3) is 3.81. The summed E-state index contributed by atoms with van der Waals surface area (Å²) in [7, 11) is 0. The Morgan fingerprint density at radius 3 is 2.22 bits per heavy atom. The maximum Gasteiger partial charge on any atom is 0.154 e. The number of carbonyl (C=O) groups excluding carboxylic acids is 2. The summed E-state index contributed by atoms with van der Waals surface area (Å²) in [6, 6.07) is 0. The maximum absolute atomic E-state index is 9.97. The Kier molecular flexibility index (Phi) is 3.05. The number of aldehydes is 2. The van der Waals surface area contributed by atoms with Crippen LogP contribution in [0.5, 0.6) is 0 Å². The minimum absolute atomic E-state index is 0.208. The van der Waals surface area contributed by atoms with Gasteiger partial charge in [-0.15, -0.1) is 0 Å². The fourth-order valence-corrected chi connectivity index (χ4v) is 0.368. The average molecular weight is 130 g/mol. The fraction of sp³-hybridized carbons (Fsp3) is 0.600. The molecule has 0 heterocycles. The first kappa shape index (κ1) is 8.26. The largest absolute Gasteiger partial charge is 0.307 e. The van der Waals surface area contributed by atoms with E-state index in [0.717, 1.165) is 0 Å². The molecule has 52 valence electrons. The zero-order valence-electron chi connectivity index (χ0n) is 5.04. The van der Waals surface area contributed by atoms with E-state index in [-0.39, 0.29) is 12.8 Å². The molecule has 0 saturated heterocycles. The van der Waals surface area contributed by atoms with Crippen LogP contribution >= 0.6 is 0 Å². The normalized spacial score (nSPS) is 10.9. The van der Waals surface area contributed by atoms with E-state index in [1.807, 2.05) is 0 Å². The smallest absolute Gasteiger partial charge is 0.154 e. The zero-order valence-corrected chi connectivity index (χ0v) is 5.04. The predicted molar refractivity (Wildman–Crippen MR) is 32.5 cm³/mol. The van der Waals surface area contributed by atoms with Crippen LogP contribution in [0.4, 0.5) is 0 Å². The van der Waals surface area contributed by atoms with Crippen molar-refractivity contribution in [3.8, 4) is 0 Å². The van der Waals surface area contributed by atoms with Gasteiger partial charge in [-0.3, -0.25) is 4.79 Å². The van der Waals surface area contributed by atoms with Crippen molar-refractivity contribution >= 4 is 12.6 Å². The van der Waals surface area contributed by atoms with Gasteiger partial charge in [-0.25, -0.2) is 0 Å². The van der Waals surface area contributed by atoms with Crippen LogP contribution in [0.3, 0.4) is 0 Å². The molecule has 0 amide bonds. The Bertz CT molecular complexity index is 112. The maximum atomic E-state index is 9.97. The molecule has 0 radical (unpaired) electrons. The summed E-state index contributed by atoms with van der Waals surface area (Å²) in [6.45, 7) is 0. The molecule has 0 aromatic carbocycles. The third-order valence-corrected chi connectivity index (χ3v) is 0.915. The molecule has 0 bridgehead atoms. The molecule has 0 aliphatic rings. The fourth-order valence-electron chi connectivity index (χ4n) is 0.368. The molecule has 0 fully saturated rings. The number of carbonyl (C=O) groups is 2. The minimum Gasteiger partial charge on any atom is -0.307 e. The van der Waals surface area contributed by atoms with Gasteiger partial charge in [0.1, 0.15) is 11.9 Å². The lowest BCUT2D eigenvalue weighted by molar-refractivity contribution is -0.112. The Balaban J connectivity index is 3.57. The molecule has 0 aliphatic heterocycles. The first-order valence-corrected chi connectivity index (χ1v) is 2.60. The standard InChI is InChI=1S/C5H10N2O2/c6-5(7,4-9)2-1-3-8/h3-4H,1-2,6-7H2. The first-order valence-electron chi connectivity index (χ1n) is 2.60. The average Bonchev–Trinajstić information content (AvgIpc) is 1.84. The summed E-state index contributed by atoms with van der Waals surface area (Å²) in [6.07, 6.45) is 1.56. The first-order chi connectivity index (χ1) is 4.12. The van der Waals surface area contributed by atoms with E-state index in [4.69, 9.17) is 11.5 Å². The van der Waals surface area contributed by atoms with Gasteiger partial charge in [-0.05, 0) is 6.42 Å². The van der Waals surface area contributed by atoms with Gasteiger partial charge in [-0.2, -0.15) is 0 Å². The van der Waals surface area contributed by atoms with Crippen LogP contribution in [-0.4, -0.2) is 18.2 Å². The van der Waals surface area contributed by atoms with Crippen LogP contribution in [0.1, 0.15) is 12.8 Å². The zero-order chi connectivity index (χ0) is 7.33. The Labute approximate surface area is 53.2 Å². The van der Waals surface area contributed by atoms with E-state index in [1.54, 1.807) is 0 Å². The molecule has 0 spiro atoms. The van der Waals surface area contributed by atoms with E-state index in [9.17, 15) is 9.59 Å². The Morgan fingerprint density at radius 2 is 1.89 bits per heavy atom. The van der Waals surface area contributed by atoms with Crippen molar-refractivity contribution in [2.24, 2.45) is 11.5 Å². The third-order valence-electron chi connectivity index (χ3n) is 0.915. The number of hydrogen-bond donors (Lipinski definition) is 2. The van der Waals surface area contributed by atoms with Gasteiger partial charge in [0.2, 0.25) is 0 Å². The molecular weight excluding hydrogens is 120 g/mol. The van der Waals surface area contributed by atoms with Gasteiger partial charge < -0.3 is 16.3 Å². The topological polar surface area (TPSA) is 86.2 Å². The van der Waals surface area contributed by atoms with Crippen molar-refractivity contribution in [3.05, 3.63) is 0 Å². The van der Waals surface area contributed by atoms with E-state index < -0.39 is 5.66 Å². The SMILES string of the molecule is NC(N)(C=O)CCC=O. The second-order valence-corrected chi connectivity index (χ2v) is 1.94. The van der Waals surface area contributed by atoms with Crippen molar-refractivity contribution in [3.63, 3.8) is 0 Å². The molecule has 0 saturated carbocycles. The van der Waals surface area contributed by atoms with Gasteiger partial charge in [0, 0.05) is 6.42 Å². The van der Waals surface area contributed by atoms with Gasteiger partial charge in [0.25, 0.3) is 0 Å². The predicted octanol–water partition coefficient (Wildman–Crippen LogP) is -1.22. The van der Waals surface area contributed by atoms with Crippen LogP contribution in [-0.2, 0) is 9.59 Å². The molecule has 0 rings (SSSR count). The van der Waals surface area contributed by atoms with Crippen LogP contribution in [0, 0.1) is 0 Å². The highest BCUT2D eigenvalue weighted by Gasteiger charge is 2.15. The van der Waals surface area contributed by atoms with Gasteiger partial charge in [0.05, 0.1) is 0 Å². The number of hydrogen-bond acceptors (Lipinski definition) is 4. The van der Waals surface area contributed by atoms with Gasteiger partial charge in [0.15, 0.2) is 6.29 Å². The van der Waals surface area contributed by atoms with E-state index in [1.165, 1.54) is 0 Å². The second kappa shape index (κ2) is 3.32. The van der Waals surface area contributed by atoms with E-state index >= 15 is 0 Å². The monoisotopic (exact) mass is 130 g/mol. The molecule has 0 aliphatic carbocycles. The van der Waals surface area contributed by atoms with Crippen molar-refractivity contribution < 1.29 is 9.59 Å². The summed E-state index contributed by atoms with van der Waals surface area (Å²) >= 11 is 0. The van der Waals surface area contributed by atoms with Crippen molar-refractivity contribution in [2.75, 3.05) is 0 Å². The molecule has 9 heavy (non-hydrogen) atoms. The summed E-state index contributed by atoms with van der Waals surface area (Å²) in [4.78, 5) is 19.7. The molecule has 0 atom stereocenters. The molecule has 4 nitrogen and oxygen atoms in total. The molecule has 0 aromatic rings. The second-order valence-electron chi connectivity index (χ2n) is 1.94. The number of rotatable bonds is 4. The highest BCUT2D eigenvalue weighted by Crippen LogP contribution is 1.95. The highest BCUT2D eigenvalue weighted by molar-refractivity contribution is 5.63. The van der Waals surface area contributed by atoms with E-state index in [2.05, 4.69) is 0 Å². The summed E-state index contributed by atoms with van der Waals surface area (Å²) in [5, 5.41) is 0. The van der Waals surface area contributed by atoms with Crippen molar-refractivity contribution in [1.29, 1.82) is 0 Å². The van der Waals surface area contributed by atoms with Gasteiger partial charge in [-0.1, -0.05) is 0 Å².